The molecule has 0 fully saturated rings. The summed E-state index contributed by atoms with van der Waals surface area (Å²) in [6.45, 7) is 0.583. The summed E-state index contributed by atoms with van der Waals surface area (Å²) >= 11 is 5.85. The first-order valence-corrected chi connectivity index (χ1v) is 8.47. The molecule has 1 amide bonds. The lowest BCUT2D eigenvalue weighted by Crippen LogP contribution is -2.25. The second-order valence-electron chi connectivity index (χ2n) is 5.60. The number of nitrogens with zero attached hydrogens (tertiary/aromatic N) is 2. The summed E-state index contributed by atoms with van der Waals surface area (Å²) in [4.78, 5) is 16.2. The number of aryl methyl sites for hydroxylation is 1. The van der Waals surface area contributed by atoms with Crippen molar-refractivity contribution in [1.29, 1.82) is 0 Å². The molecule has 0 radical (unpaired) electrons. The molecule has 1 heterocycles. The second-order valence-corrected chi connectivity index (χ2v) is 6.04. The van der Waals surface area contributed by atoms with Crippen molar-refractivity contribution in [1.82, 2.24) is 15.5 Å². The molecule has 0 atom stereocenters. The van der Waals surface area contributed by atoms with Gasteiger partial charge in [-0.25, -0.2) is 0 Å². The van der Waals surface area contributed by atoms with E-state index in [-0.39, 0.29) is 5.91 Å². The Morgan fingerprint density at radius 3 is 2.56 bits per heavy atom. The van der Waals surface area contributed by atoms with Crippen LogP contribution in [0.3, 0.4) is 0 Å². The van der Waals surface area contributed by atoms with Crippen LogP contribution in [0.1, 0.15) is 17.9 Å². The lowest BCUT2D eigenvalue weighted by atomic mass is 10.1. The number of benzene rings is 2. The predicted octanol–water partition coefficient (Wildman–Crippen LogP) is 3.68. The van der Waals surface area contributed by atoms with Crippen LogP contribution in [-0.2, 0) is 17.6 Å². The molecule has 3 rings (SSSR count). The Labute approximate surface area is 151 Å². The van der Waals surface area contributed by atoms with Crippen molar-refractivity contribution >= 4 is 17.5 Å². The van der Waals surface area contributed by atoms with Gasteiger partial charge in [-0.05, 0) is 24.1 Å². The Hall–Kier alpha value is -2.66. The van der Waals surface area contributed by atoms with Crippen LogP contribution in [0, 0.1) is 0 Å². The summed E-state index contributed by atoms with van der Waals surface area (Å²) in [5.41, 5.74) is 2.03. The fourth-order valence-electron chi connectivity index (χ4n) is 2.37. The minimum atomic E-state index is -0.0339. The second kappa shape index (κ2) is 8.44. The maximum Gasteiger partial charge on any atom is 0.227 e. The van der Waals surface area contributed by atoms with Gasteiger partial charge in [0.1, 0.15) is 0 Å². The summed E-state index contributed by atoms with van der Waals surface area (Å²) in [6.07, 6.45) is 1.51. The van der Waals surface area contributed by atoms with Crippen molar-refractivity contribution < 1.29 is 9.32 Å². The minimum absolute atomic E-state index is 0.0339. The van der Waals surface area contributed by atoms with Gasteiger partial charge in [0.2, 0.25) is 17.6 Å². The third kappa shape index (κ3) is 5.16. The first-order chi connectivity index (χ1) is 12.2. The Morgan fingerprint density at radius 2 is 1.80 bits per heavy atom. The van der Waals surface area contributed by atoms with Crippen LogP contribution in [0.4, 0.5) is 0 Å². The van der Waals surface area contributed by atoms with Crippen molar-refractivity contribution in [2.24, 2.45) is 0 Å². The molecule has 128 valence electrons. The van der Waals surface area contributed by atoms with E-state index in [1.54, 1.807) is 0 Å². The number of aromatic nitrogens is 2. The fourth-order valence-corrected chi connectivity index (χ4v) is 2.49. The molecule has 3 aromatic rings. The van der Waals surface area contributed by atoms with Crippen molar-refractivity contribution in [3.8, 4) is 11.4 Å². The van der Waals surface area contributed by atoms with Gasteiger partial charge in [0, 0.05) is 30.0 Å². The number of rotatable bonds is 7. The SMILES string of the molecule is O=C(CCc1nc(-c2ccccc2)no1)NCCc1ccc(Cl)cc1. The Kier molecular flexibility index (Phi) is 5.80. The molecule has 0 saturated heterocycles. The highest BCUT2D eigenvalue weighted by atomic mass is 35.5. The zero-order chi connectivity index (χ0) is 17.5. The molecule has 0 bridgehead atoms. The van der Waals surface area contributed by atoms with Gasteiger partial charge in [-0.3, -0.25) is 4.79 Å². The standard InChI is InChI=1S/C19H18ClN3O2/c20-16-8-6-14(7-9-16)12-13-21-17(24)10-11-18-22-19(23-25-18)15-4-2-1-3-5-15/h1-9H,10-13H2,(H,21,24). The number of hydrogen-bond acceptors (Lipinski definition) is 4. The Bertz CT molecular complexity index is 816. The van der Waals surface area contributed by atoms with E-state index in [0.29, 0.717) is 36.1 Å². The van der Waals surface area contributed by atoms with Crippen LogP contribution in [0.5, 0.6) is 0 Å². The molecule has 2 aromatic carbocycles. The summed E-state index contributed by atoms with van der Waals surface area (Å²) in [5, 5.41) is 7.55. The molecule has 5 nitrogen and oxygen atoms in total. The van der Waals surface area contributed by atoms with E-state index in [1.165, 1.54) is 0 Å². The Balaban J connectivity index is 1.42. The number of amides is 1. The third-order valence-electron chi connectivity index (χ3n) is 3.72. The molecular weight excluding hydrogens is 338 g/mol. The molecule has 0 aliphatic heterocycles. The lowest BCUT2D eigenvalue weighted by molar-refractivity contribution is -0.121. The van der Waals surface area contributed by atoms with E-state index in [4.69, 9.17) is 16.1 Å². The van der Waals surface area contributed by atoms with Crippen molar-refractivity contribution in [2.45, 2.75) is 19.3 Å². The molecule has 6 heteroatoms. The van der Waals surface area contributed by atoms with Gasteiger partial charge >= 0.3 is 0 Å². The van der Waals surface area contributed by atoms with Gasteiger partial charge in [-0.2, -0.15) is 4.98 Å². The van der Waals surface area contributed by atoms with Gasteiger partial charge < -0.3 is 9.84 Å². The summed E-state index contributed by atoms with van der Waals surface area (Å²) in [6, 6.07) is 17.2. The van der Waals surface area contributed by atoms with Gasteiger partial charge in [0.25, 0.3) is 0 Å². The number of halogens is 1. The first-order valence-electron chi connectivity index (χ1n) is 8.10. The maximum absolute atomic E-state index is 11.9. The molecule has 0 unspecified atom stereocenters. The quantitative estimate of drug-likeness (QED) is 0.702. The van der Waals surface area contributed by atoms with Gasteiger partial charge in [-0.1, -0.05) is 59.2 Å². The summed E-state index contributed by atoms with van der Waals surface area (Å²) < 4.78 is 5.20. The molecule has 0 spiro atoms. The summed E-state index contributed by atoms with van der Waals surface area (Å²) in [5.74, 6) is 0.971. The van der Waals surface area contributed by atoms with E-state index in [2.05, 4.69) is 15.5 Å². The monoisotopic (exact) mass is 355 g/mol. The average molecular weight is 356 g/mol. The van der Waals surface area contributed by atoms with Gasteiger partial charge in [-0.15, -0.1) is 0 Å². The number of carbonyl (C=O) groups is 1. The maximum atomic E-state index is 11.9. The minimum Gasteiger partial charge on any atom is -0.356 e. The zero-order valence-electron chi connectivity index (χ0n) is 13.6. The summed E-state index contributed by atoms with van der Waals surface area (Å²) in [7, 11) is 0. The molecule has 0 aliphatic carbocycles. The van der Waals surface area contributed by atoms with Crippen molar-refractivity contribution in [3.05, 3.63) is 71.1 Å². The molecule has 1 aromatic heterocycles. The average Bonchev–Trinajstić information content (AvgIpc) is 3.11. The Morgan fingerprint density at radius 1 is 1.04 bits per heavy atom. The fraction of sp³-hybridized carbons (Fsp3) is 0.211. The predicted molar refractivity (Wildman–Crippen MR) is 96.2 cm³/mol. The van der Waals surface area contributed by atoms with Crippen molar-refractivity contribution in [3.63, 3.8) is 0 Å². The number of carbonyl (C=O) groups excluding carboxylic acids is 1. The highest BCUT2D eigenvalue weighted by Crippen LogP contribution is 2.15. The lowest BCUT2D eigenvalue weighted by Gasteiger charge is -2.04. The highest BCUT2D eigenvalue weighted by molar-refractivity contribution is 6.30. The van der Waals surface area contributed by atoms with Gasteiger partial charge in [0.05, 0.1) is 0 Å². The van der Waals surface area contributed by atoms with Crippen LogP contribution >= 0.6 is 11.6 Å². The van der Waals surface area contributed by atoms with E-state index in [0.717, 1.165) is 17.5 Å². The molecule has 1 N–H and O–H groups in total. The third-order valence-corrected chi connectivity index (χ3v) is 3.97. The largest absolute Gasteiger partial charge is 0.356 e. The van der Waals surface area contributed by atoms with E-state index in [1.807, 2.05) is 54.6 Å². The van der Waals surface area contributed by atoms with E-state index >= 15 is 0 Å². The normalized spacial score (nSPS) is 10.6. The van der Waals surface area contributed by atoms with E-state index in [9.17, 15) is 4.79 Å². The smallest absolute Gasteiger partial charge is 0.227 e. The van der Waals surface area contributed by atoms with Crippen LogP contribution in [0.25, 0.3) is 11.4 Å². The molecular formula is C19H18ClN3O2. The van der Waals surface area contributed by atoms with Gasteiger partial charge in [0.15, 0.2) is 0 Å². The highest BCUT2D eigenvalue weighted by Gasteiger charge is 2.10. The molecule has 0 saturated carbocycles. The topological polar surface area (TPSA) is 68.0 Å². The zero-order valence-corrected chi connectivity index (χ0v) is 14.4. The van der Waals surface area contributed by atoms with Crippen LogP contribution in [0.15, 0.2) is 59.1 Å². The van der Waals surface area contributed by atoms with Crippen molar-refractivity contribution in [2.75, 3.05) is 6.54 Å². The number of hydrogen-bond donors (Lipinski definition) is 1. The van der Waals surface area contributed by atoms with Crippen LogP contribution in [0.2, 0.25) is 5.02 Å². The molecule has 0 aliphatic rings. The van der Waals surface area contributed by atoms with Crippen LogP contribution < -0.4 is 5.32 Å². The van der Waals surface area contributed by atoms with Crippen LogP contribution in [-0.4, -0.2) is 22.6 Å². The number of nitrogens with one attached hydrogen (secondary N) is 1. The molecule has 25 heavy (non-hydrogen) atoms. The first kappa shape index (κ1) is 17.2. The van der Waals surface area contributed by atoms with E-state index < -0.39 is 0 Å².